The van der Waals surface area contributed by atoms with Crippen LogP contribution in [0.2, 0.25) is 0 Å². The van der Waals surface area contributed by atoms with E-state index in [9.17, 15) is 0 Å². The maximum absolute atomic E-state index is 6.62. The van der Waals surface area contributed by atoms with Gasteiger partial charge in [-0.05, 0) is 55.3 Å². The summed E-state index contributed by atoms with van der Waals surface area (Å²) in [6.45, 7) is 4.47. The van der Waals surface area contributed by atoms with Gasteiger partial charge in [0.15, 0.2) is 11.5 Å². The fourth-order valence-electron chi connectivity index (χ4n) is 3.98. The number of ether oxygens (including phenoxy) is 4. The van der Waals surface area contributed by atoms with Gasteiger partial charge in [-0.1, -0.05) is 54.6 Å². The molecule has 0 spiro atoms. The third-order valence-electron chi connectivity index (χ3n) is 5.70. The zero-order valence-corrected chi connectivity index (χ0v) is 21.4. The Morgan fingerprint density at radius 3 is 2.28 bits per heavy atom. The molecular weight excluding hydrogens is 468 g/mol. The van der Waals surface area contributed by atoms with E-state index >= 15 is 0 Å². The van der Waals surface area contributed by atoms with Crippen molar-refractivity contribution < 1.29 is 18.9 Å². The summed E-state index contributed by atoms with van der Waals surface area (Å²) >= 11 is 1.66. The van der Waals surface area contributed by atoms with Gasteiger partial charge < -0.3 is 18.9 Å². The quantitative estimate of drug-likeness (QED) is 0.204. The fraction of sp³-hybridized carbons (Fsp3) is 0.161. The standard InChI is InChI=1S/C31H28O4S/c1-21(2)34-28-18-25(33-19-22-9-5-4-6-10-22)17-27(23-13-15-24(32-3)16-14-23)31(28)35-29-20-36-30-12-8-7-11-26(29)30/h4-18,20-21H,19H2,1-3H3. The lowest BCUT2D eigenvalue weighted by atomic mass is 10.0. The molecule has 4 aromatic carbocycles. The second kappa shape index (κ2) is 10.8. The summed E-state index contributed by atoms with van der Waals surface area (Å²) < 4.78 is 25.7. The Morgan fingerprint density at radius 2 is 1.53 bits per heavy atom. The van der Waals surface area contributed by atoms with Crippen LogP contribution in [0.1, 0.15) is 19.4 Å². The maximum Gasteiger partial charge on any atom is 0.177 e. The predicted molar refractivity (Wildman–Crippen MR) is 147 cm³/mol. The van der Waals surface area contributed by atoms with E-state index in [4.69, 9.17) is 18.9 Å². The van der Waals surface area contributed by atoms with Crippen LogP contribution >= 0.6 is 11.3 Å². The molecule has 4 nitrogen and oxygen atoms in total. The Balaban J connectivity index is 1.61. The minimum Gasteiger partial charge on any atom is -0.497 e. The van der Waals surface area contributed by atoms with Crippen LogP contribution in [0.5, 0.6) is 28.7 Å². The lowest BCUT2D eigenvalue weighted by Gasteiger charge is -2.20. The Labute approximate surface area is 215 Å². The molecule has 1 heterocycles. The highest BCUT2D eigenvalue weighted by Gasteiger charge is 2.20. The van der Waals surface area contributed by atoms with E-state index in [-0.39, 0.29) is 6.10 Å². The van der Waals surface area contributed by atoms with E-state index in [1.807, 2.05) is 86.0 Å². The smallest absolute Gasteiger partial charge is 0.177 e. The van der Waals surface area contributed by atoms with Gasteiger partial charge in [0, 0.05) is 27.1 Å². The van der Waals surface area contributed by atoms with Crippen molar-refractivity contribution in [2.24, 2.45) is 0 Å². The zero-order chi connectivity index (χ0) is 24.9. The van der Waals surface area contributed by atoms with Gasteiger partial charge in [0.1, 0.15) is 23.9 Å². The minimum atomic E-state index is -0.0420. The van der Waals surface area contributed by atoms with E-state index in [0.29, 0.717) is 23.9 Å². The molecule has 0 bridgehead atoms. The van der Waals surface area contributed by atoms with Gasteiger partial charge >= 0.3 is 0 Å². The third kappa shape index (κ3) is 5.31. The summed E-state index contributed by atoms with van der Waals surface area (Å²) in [5, 5.41) is 3.12. The molecule has 0 saturated carbocycles. The first kappa shape index (κ1) is 23.8. The molecule has 5 rings (SSSR count). The number of rotatable bonds is 9. The summed E-state index contributed by atoms with van der Waals surface area (Å²) in [5.74, 6) is 3.60. The van der Waals surface area contributed by atoms with Crippen molar-refractivity contribution in [3.63, 3.8) is 0 Å². The fourth-order valence-corrected chi connectivity index (χ4v) is 4.84. The van der Waals surface area contributed by atoms with Crippen molar-refractivity contribution in [3.05, 3.63) is 102 Å². The number of hydrogen-bond acceptors (Lipinski definition) is 5. The predicted octanol–water partition coefficient (Wildman–Crippen LogP) is 8.74. The number of fused-ring (bicyclic) bond motifs is 1. The van der Waals surface area contributed by atoms with Gasteiger partial charge in [-0.2, -0.15) is 0 Å². The summed E-state index contributed by atoms with van der Waals surface area (Å²) in [5.41, 5.74) is 2.96. The molecule has 0 aliphatic heterocycles. The number of thiophene rings is 1. The van der Waals surface area contributed by atoms with Gasteiger partial charge in [-0.25, -0.2) is 0 Å². The number of methoxy groups -OCH3 is 1. The molecule has 0 radical (unpaired) electrons. The van der Waals surface area contributed by atoms with E-state index in [1.165, 1.54) is 4.70 Å². The summed E-state index contributed by atoms with van der Waals surface area (Å²) in [6.07, 6.45) is -0.0420. The van der Waals surface area contributed by atoms with Gasteiger partial charge in [-0.3, -0.25) is 0 Å². The van der Waals surface area contributed by atoms with Crippen molar-refractivity contribution in [1.29, 1.82) is 0 Å². The molecule has 0 fully saturated rings. The van der Waals surface area contributed by atoms with Crippen LogP contribution in [0, 0.1) is 0 Å². The van der Waals surface area contributed by atoms with Gasteiger partial charge in [0.05, 0.1) is 13.2 Å². The Kier molecular flexibility index (Phi) is 7.10. The third-order valence-corrected chi connectivity index (χ3v) is 6.64. The molecule has 0 aliphatic rings. The normalized spacial score (nSPS) is 11.0. The molecule has 0 saturated heterocycles. The second-order valence-electron chi connectivity index (χ2n) is 8.67. The highest BCUT2D eigenvalue weighted by atomic mass is 32.1. The lowest BCUT2D eigenvalue weighted by Crippen LogP contribution is -2.07. The zero-order valence-electron chi connectivity index (χ0n) is 20.6. The number of hydrogen-bond donors (Lipinski definition) is 0. The molecule has 0 amide bonds. The van der Waals surface area contributed by atoms with Crippen molar-refractivity contribution in [3.8, 4) is 39.9 Å². The summed E-state index contributed by atoms with van der Waals surface area (Å²) in [4.78, 5) is 0. The lowest BCUT2D eigenvalue weighted by molar-refractivity contribution is 0.231. The van der Waals surface area contributed by atoms with Gasteiger partial charge in [-0.15, -0.1) is 11.3 Å². The van der Waals surface area contributed by atoms with Crippen molar-refractivity contribution in [1.82, 2.24) is 0 Å². The van der Waals surface area contributed by atoms with Gasteiger partial charge in [0.25, 0.3) is 0 Å². The van der Waals surface area contributed by atoms with Crippen LogP contribution in [0.25, 0.3) is 21.2 Å². The topological polar surface area (TPSA) is 36.9 Å². The molecule has 5 aromatic rings. The van der Waals surface area contributed by atoms with Crippen LogP contribution in [-0.2, 0) is 6.61 Å². The van der Waals surface area contributed by atoms with Crippen molar-refractivity contribution in [2.45, 2.75) is 26.6 Å². The van der Waals surface area contributed by atoms with Crippen LogP contribution < -0.4 is 18.9 Å². The van der Waals surface area contributed by atoms with Crippen LogP contribution in [0.4, 0.5) is 0 Å². The first-order valence-corrected chi connectivity index (χ1v) is 12.8. The largest absolute Gasteiger partial charge is 0.497 e. The second-order valence-corrected chi connectivity index (χ2v) is 9.58. The van der Waals surface area contributed by atoms with E-state index in [1.54, 1.807) is 18.4 Å². The first-order chi connectivity index (χ1) is 17.6. The van der Waals surface area contributed by atoms with Crippen molar-refractivity contribution >= 4 is 21.4 Å². The monoisotopic (exact) mass is 496 g/mol. The SMILES string of the molecule is COc1ccc(-c2cc(OCc3ccccc3)cc(OC(C)C)c2Oc2csc3ccccc23)cc1. The van der Waals surface area contributed by atoms with Crippen molar-refractivity contribution in [2.75, 3.05) is 7.11 Å². The Morgan fingerprint density at radius 1 is 0.778 bits per heavy atom. The molecule has 0 N–H and O–H groups in total. The van der Waals surface area contributed by atoms with E-state index < -0.39 is 0 Å². The first-order valence-electron chi connectivity index (χ1n) is 11.9. The van der Waals surface area contributed by atoms with Crippen LogP contribution in [0.3, 0.4) is 0 Å². The minimum absolute atomic E-state index is 0.0420. The highest BCUT2D eigenvalue weighted by Crippen LogP contribution is 2.47. The molecule has 36 heavy (non-hydrogen) atoms. The summed E-state index contributed by atoms with van der Waals surface area (Å²) in [6, 6.07) is 30.2. The van der Waals surface area contributed by atoms with Crippen LogP contribution in [0.15, 0.2) is 96.4 Å². The molecular formula is C31H28O4S. The average molecular weight is 497 g/mol. The molecule has 0 aliphatic carbocycles. The van der Waals surface area contributed by atoms with Crippen LogP contribution in [-0.4, -0.2) is 13.2 Å². The summed E-state index contributed by atoms with van der Waals surface area (Å²) in [7, 11) is 1.66. The molecule has 1 aromatic heterocycles. The maximum atomic E-state index is 6.62. The molecule has 5 heteroatoms. The Hall–Kier alpha value is -3.96. The average Bonchev–Trinajstić information content (AvgIpc) is 3.32. The Bertz CT molecular complexity index is 1440. The molecule has 0 unspecified atom stereocenters. The van der Waals surface area contributed by atoms with E-state index in [0.717, 1.165) is 33.6 Å². The molecule has 182 valence electrons. The van der Waals surface area contributed by atoms with E-state index in [2.05, 4.69) is 24.3 Å². The molecule has 0 atom stereocenters. The van der Waals surface area contributed by atoms with Gasteiger partial charge in [0.2, 0.25) is 0 Å². The highest BCUT2D eigenvalue weighted by molar-refractivity contribution is 7.17. The number of benzene rings is 4.